The van der Waals surface area contributed by atoms with E-state index < -0.39 is 43.3 Å². The van der Waals surface area contributed by atoms with Crippen molar-refractivity contribution in [2.45, 2.75) is 37.6 Å². The molecule has 5 atom stereocenters. The van der Waals surface area contributed by atoms with Crippen molar-refractivity contribution in [2.24, 2.45) is 0 Å². The molecule has 1 unspecified atom stereocenters. The van der Waals surface area contributed by atoms with E-state index in [1.807, 2.05) is 0 Å². The lowest BCUT2D eigenvalue weighted by molar-refractivity contribution is -0.212. The fourth-order valence-electron chi connectivity index (χ4n) is 0.946. The highest BCUT2D eigenvalue weighted by Gasteiger charge is 2.35. The van der Waals surface area contributed by atoms with E-state index in [9.17, 15) is 15.0 Å². The van der Waals surface area contributed by atoms with Crippen molar-refractivity contribution in [3.8, 4) is 0 Å². The van der Waals surface area contributed by atoms with E-state index in [0.717, 1.165) is 6.92 Å². The predicted octanol–water partition coefficient (Wildman–Crippen LogP) is -3.70. The van der Waals surface area contributed by atoms with Gasteiger partial charge >= 0.3 is 5.97 Å². The van der Waals surface area contributed by atoms with Crippen LogP contribution in [-0.2, 0) is 9.53 Å². The molecule has 0 aromatic heterocycles. The Hall–Kier alpha value is -0.770. The fourth-order valence-corrected chi connectivity index (χ4v) is 0.946. The van der Waals surface area contributed by atoms with Crippen LogP contribution in [0.3, 0.4) is 0 Å². The van der Waals surface area contributed by atoms with Gasteiger partial charge in [0.15, 0.2) is 0 Å². The Morgan fingerprint density at radius 1 is 1.06 bits per heavy atom. The van der Waals surface area contributed by atoms with Crippen LogP contribution in [0.25, 0.3) is 0 Å². The Kier molecular flexibility index (Phi) is 6.41. The van der Waals surface area contributed by atoms with Crippen molar-refractivity contribution in [3.05, 3.63) is 0 Å². The lowest BCUT2D eigenvalue weighted by Crippen LogP contribution is -2.50. The predicted molar refractivity (Wildman–Crippen MR) is 48.9 cm³/mol. The Balaban J connectivity index is 4.35. The average molecular weight is 240 g/mol. The third-order valence-electron chi connectivity index (χ3n) is 1.86. The van der Waals surface area contributed by atoms with Gasteiger partial charge in [-0.3, -0.25) is 4.79 Å². The molecule has 16 heavy (non-hydrogen) atoms. The van der Waals surface area contributed by atoms with E-state index in [-0.39, 0.29) is 0 Å². The first-order valence-corrected chi connectivity index (χ1v) is 4.49. The second-order valence-corrected chi connectivity index (χ2v) is 3.22. The first-order valence-electron chi connectivity index (χ1n) is 4.49. The first-order chi connectivity index (χ1) is 7.31. The zero-order valence-corrected chi connectivity index (χ0v) is 8.59. The van der Waals surface area contributed by atoms with E-state index in [4.69, 9.17) is 20.4 Å². The van der Waals surface area contributed by atoms with Gasteiger partial charge in [-0.15, -0.1) is 0 Å². The van der Waals surface area contributed by atoms with E-state index in [1.54, 1.807) is 0 Å². The molecule has 0 amide bonds. The van der Waals surface area contributed by atoms with Crippen molar-refractivity contribution in [1.82, 2.24) is 0 Å². The standard InChI is InChI=1S/C8H16O8/c1-3(10)16-8(15)7(14)6(13)5(12)4(11)2-9/h4-9,11-15H,2H2,1H3/t4-,5-,6+,7+,8?/m1/s1. The smallest absolute Gasteiger partial charge is 0.305 e. The third-order valence-corrected chi connectivity index (χ3v) is 1.86. The van der Waals surface area contributed by atoms with Gasteiger partial charge in [0.05, 0.1) is 6.61 Å². The molecule has 0 saturated heterocycles. The molecular formula is C8H16O8. The lowest BCUT2D eigenvalue weighted by Gasteiger charge is -2.27. The van der Waals surface area contributed by atoms with Gasteiger partial charge in [-0.25, -0.2) is 0 Å². The van der Waals surface area contributed by atoms with Crippen molar-refractivity contribution in [3.63, 3.8) is 0 Å². The molecular weight excluding hydrogens is 224 g/mol. The molecule has 0 aliphatic carbocycles. The maximum absolute atomic E-state index is 10.4. The SMILES string of the molecule is CC(=O)OC(O)[C@@H](O)[C@@H](O)[C@H](O)[C@H](O)CO. The zero-order valence-electron chi connectivity index (χ0n) is 8.59. The van der Waals surface area contributed by atoms with Crippen LogP contribution in [0.4, 0.5) is 0 Å². The Morgan fingerprint density at radius 2 is 1.56 bits per heavy atom. The number of esters is 1. The molecule has 0 rings (SSSR count). The summed E-state index contributed by atoms with van der Waals surface area (Å²) in [7, 11) is 0. The molecule has 0 saturated carbocycles. The van der Waals surface area contributed by atoms with Crippen LogP contribution >= 0.6 is 0 Å². The Labute approximate surface area is 91.3 Å². The summed E-state index contributed by atoms with van der Waals surface area (Å²) < 4.78 is 4.15. The number of aliphatic hydroxyl groups excluding tert-OH is 6. The summed E-state index contributed by atoms with van der Waals surface area (Å²) in [6.45, 7) is 0.135. The van der Waals surface area contributed by atoms with Crippen molar-refractivity contribution in [2.75, 3.05) is 6.61 Å². The molecule has 0 heterocycles. The number of ether oxygens (including phenoxy) is 1. The van der Waals surface area contributed by atoms with Crippen LogP contribution in [0.1, 0.15) is 6.92 Å². The molecule has 8 heteroatoms. The van der Waals surface area contributed by atoms with Gasteiger partial charge in [-0.1, -0.05) is 0 Å². The van der Waals surface area contributed by atoms with Gasteiger partial charge in [0.1, 0.15) is 24.4 Å². The monoisotopic (exact) mass is 240 g/mol. The quantitative estimate of drug-likeness (QED) is 0.205. The number of carbonyl (C=O) groups is 1. The summed E-state index contributed by atoms with van der Waals surface area (Å²) in [6.07, 6.45) is -9.58. The highest BCUT2D eigenvalue weighted by atomic mass is 16.6. The van der Waals surface area contributed by atoms with Crippen LogP contribution in [-0.4, -0.2) is 73.9 Å². The summed E-state index contributed by atoms with van der Waals surface area (Å²) in [5.74, 6) is -0.893. The summed E-state index contributed by atoms with van der Waals surface area (Å²) in [5.41, 5.74) is 0. The summed E-state index contributed by atoms with van der Waals surface area (Å²) in [5, 5.41) is 54.1. The summed E-state index contributed by atoms with van der Waals surface area (Å²) in [4.78, 5) is 10.4. The van der Waals surface area contributed by atoms with E-state index in [0.29, 0.717) is 0 Å². The van der Waals surface area contributed by atoms with E-state index >= 15 is 0 Å². The number of hydrogen-bond acceptors (Lipinski definition) is 8. The third kappa shape index (κ3) is 4.39. The van der Waals surface area contributed by atoms with Gasteiger partial charge in [0.25, 0.3) is 0 Å². The normalized spacial score (nSPS) is 20.7. The molecule has 96 valence electrons. The van der Waals surface area contributed by atoms with Gasteiger partial charge in [-0.05, 0) is 0 Å². The van der Waals surface area contributed by atoms with Crippen LogP contribution in [0.5, 0.6) is 0 Å². The van der Waals surface area contributed by atoms with Crippen LogP contribution in [0.2, 0.25) is 0 Å². The molecule has 0 aromatic rings. The number of carbonyl (C=O) groups excluding carboxylic acids is 1. The maximum Gasteiger partial charge on any atom is 0.305 e. The highest BCUT2D eigenvalue weighted by Crippen LogP contribution is 2.09. The zero-order chi connectivity index (χ0) is 12.9. The minimum atomic E-state index is -2.03. The number of aliphatic hydroxyl groups is 6. The molecule has 0 aliphatic rings. The summed E-state index contributed by atoms with van der Waals surface area (Å²) in [6, 6.07) is 0. The maximum atomic E-state index is 10.4. The van der Waals surface area contributed by atoms with Crippen LogP contribution in [0.15, 0.2) is 0 Å². The van der Waals surface area contributed by atoms with Gasteiger partial charge < -0.3 is 35.4 Å². The molecule has 0 bridgehead atoms. The van der Waals surface area contributed by atoms with Gasteiger partial charge in [0.2, 0.25) is 6.29 Å². The van der Waals surface area contributed by atoms with E-state index in [2.05, 4.69) is 4.74 Å². The molecule has 8 nitrogen and oxygen atoms in total. The molecule has 0 aliphatic heterocycles. The lowest BCUT2D eigenvalue weighted by atomic mass is 10.0. The first kappa shape index (κ1) is 15.2. The van der Waals surface area contributed by atoms with Crippen molar-refractivity contribution in [1.29, 1.82) is 0 Å². The van der Waals surface area contributed by atoms with Gasteiger partial charge in [0, 0.05) is 6.92 Å². The fraction of sp³-hybridized carbons (Fsp3) is 0.875. The molecule has 6 N–H and O–H groups in total. The topological polar surface area (TPSA) is 148 Å². The number of rotatable bonds is 6. The van der Waals surface area contributed by atoms with E-state index in [1.165, 1.54) is 0 Å². The molecule has 0 spiro atoms. The van der Waals surface area contributed by atoms with Crippen molar-refractivity contribution >= 4 is 5.97 Å². The molecule has 0 fully saturated rings. The average Bonchev–Trinajstić information content (AvgIpc) is 2.23. The summed E-state index contributed by atoms with van der Waals surface area (Å²) >= 11 is 0. The largest absolute Gasteiger partial charge is 0.433 e. The van der Waals surface area contributed by atoms with Gasteiger partial charge in [-0.2, -0.15) is 0 Å². The minimum absolute atomic E-state index is 0.839. The Bertz CT molecular complexity index is 220. The van der Waals surface area contributed by atoms with Crippen molar-refractivity contribution < 1.29 is 40.2 Å². The minimum Gasteiger partial charge on any atom is -0.433 e. The number of hydrogen-bond donors (Lipinski definition) is 6. The Morgan fingerprint density at radius 3 is 1.94 bits per heavy atom. The second kappa shape index (κ2) is 6.74. The second-order valence-electron chi connectivity index (χ2n) is 3.22. The molecule has 0 radical (unpaired) electrons. The van der Waals surface area contributed by atoms with Crippen LogP contribution in [0, 0.1) is 0 Å². The highest BCUT2D eigenvalue weighted by molar-refractivity contribution is 5.66. The molecule has 0 aromatic carbocycles. The van der Waals surface area contributed by atoms with Crippen LogP contribution < -0.4 is 0 Å².